The van der Waals surface area contributed by atoms with Crippen LogP contribution in [0, 0.1) is 0 Å². The standard InChI is InChI=1S/C21H20N2O3/c1-15(16-7-3-2-4-8-16)13-22-20(24)14-26-21(25)19-12-11-17-9-5-6-10-18(17)23-19/h2-12,15H,13-14H2,1H3,(H,22,24)/t15-/m0/s1. The van der Waals surface area contributed by atoms with Crippen molar-refractivity contribution in [2.24, 2.45) is 0 Å². The van der Waals surface area contributed by atoms with Gasteiger partial charge in [-0.25, -0.2) is 9.78 Å². The minimum atomic E-state index is -0.609. The molecule has 0 unspecified atom stereocenters. The summed E-state index contributed by atoms with van der Waals surface area (Å²) in [5, 5.41) is 3.72. The van der Waals surface area contributed by atoms with Gasteiger partial charge in [-0.05, 0) is 23.6 Å². The van der Waals surface area contributed by atoms with E-state index in [-0.39, 0.29) is 24.1 Å². The van der Waals surface area contributed by atoms with E-state index in [2.05, 4.69) is 10.3 Å². The Hall–Kier alpha value is -3.21. The topological polar surface area (TPSA) is 68.3 Å². The lowest BCUT2D eigenvalue weighted by molar-refractivity contribution is -0.124. The number of nitrogens with zero attached hydrogens (tertiary/aromatic N) is 1. The molecule has 1 N–H and O–H groups in total. The van der Waals surface area contributed by atoms with E-state index in [1.165, 1.54) is 0 Å². The first-order chi connectivity index (χ1) is 12.6. The maximum absolute atomic E-state index is 12.1. The lowest BCUT2D eigenvalue weighted by Gasteiger charge is -2.13. The number of hydrogen-bond acceptors (Lipinski definition) is 4. The Morgan fingerprint density at radius 3 is 2.54 bits per heavy atom. The molecule has 0 aliphatic carbocycles. The third-order valence-electron chi connectivity index (χ3n) is 4.12. The average molecular weight is 348 g/mol. The van der Waals surface area contributed by atoms with Crippen molar-refractivity contribution < 1.29 is 14.3 Å². The summed E-state index contributed by atoms with van der Waals surface area (Å²) >= 11 is 0. The van der Waals surface area contributed by atoms with Crippen LogP contribution in [0.3, 0.4) is 0 Å². The van der Waals surface area contributed by atoms with Gasteiger partial charge in [-0.1, -0.05) is 61.5 Å². The van der Waals surface area contributed by atoms with Crippen LogP contribution in [0.15, 0.2) is 66.7 Å². The van der Waals surface area contributed by atoms with E-state index in [0.717, 1.165) is 10.9 Å². The zero-order valence-corrected chi connectivity index (χ0v) is 14.5. The number of pyridine rings is 1. The summed E-state index contributed by atoms with van der Waals surface area (Å²) in [7, 11) is 0. The second-order valence-electron chi connectivity index (χ2n) is 6.08. The van der Waals surface area contributed by atoms with Crippen LogP contribution >= 0.6 is 0 Å². The van der Waals surface area contributed by atoms with Gasteiger partial charge in [-0.15, -0.1) is 0 Å². The number of hydrogen-bond donors (Lipinski definition) is 1. The molecule has 3 aromatic rings. The molecular formula is C21H20N2O3. The molecule has 3 rings (SSSR count). The van der Waals surface area contributed by atoms with Gasteiger partial charge in [0, 0.05) is 11.9 Å². The second kappa shape index (κ2) is 8.25. The SMILES string of the molecule is C[C@@H](CNC(=O)COC(=O)c1ccc2ccccc2n1)c1ccccc1. The van der Waals surface area contributed by atoms with E-state index in [9.17, 15) is 9.59 Å². The molecule has 0 fully saturated rings. The van der Waals surface area contributed by atoms with Crippen molar-refractivity contribution >= 4 is 22.8 Å². The van der Waals surface area contributed by atoms with E-state index in [0.29, 0.717) is 12.1 Å². The first-order valence-electron chi connectivity index (χ1n) is 8.48. The minimum absolute atomic E-state index is 0.179. The predicted octanol–water partition coefficient (Wildman–Crippen LogP) is 3.31. The van der Waals surface area contributed by atoms with E-state index < -0.39 is 5.97 Å². The minimum Gasteiger partial charge on any atom is -0.451 e. The van der Waals surface area contributed by atoms with Gasteiger partial charge in [0.05, 0.1) is 5.52 Å². The van der Waals surface area contributed by atoms with Crippen molar-refractivity contribution in [3.8, 4) is 0 Å². The van der Waals surface area contributed by atoms with Crippen molar-refractivity contribution in [2.45, 2.75) is 12.8 Å². The summed E-state index contributed by atoms with van der Waals surface area (Å²) in [6.45, 7) is 2.18. The van der Waals surface area contributed by atoms with Crippen LogP contribution in [-0.2, 0) is 9.53 Å². The Labute approximate surface area is 152 Å². The lowest BCUT2D eigenvalue weighted by Crippen LogP contribution is -2.31. The van der Waals surface area contributed by atoms with Crippen molar-refractivity contribution in [2.75, 3.05) is 13.2 Å². The van der Waals surface area contributed by atoms with Gasteiger partial charge in [0.1, 0.15) is 5.69 Å². The number of esters is 1. The zero-order chi connectivity index (χ0) is 18.4. The van der Waals surface area contributed by atoms with Gasteiger partial charge < -0.3 is 10.1 Å². The van der Waals surface area contributed by atoms with Gasteiger partial charge >= 0.3 is 5.97 Å². The largest absolute Gasteiger partial charge is 0.451 e. The monoisotopic (exact) mass is 348 g/mol. The summed E-state index contributed by atoms with van der Waals surface area (Å²) in [4.78, 5) is 28.3. The van der Waals surface area contributed by atoms with Gasteiger partial charge in [0.25, 0.3) is 5.91 Å². The summed E-state index contributed by atoms with van der Waals surface area (Å²) < 4.78 is 5.06. The average Bonchev–Trinajstić information content (AvgIpc) is 2.70. The maximum atomic E-state index is 12.1. The maximum Gasteiger partial charge on any atom is 0.357 e. The highest BCUT2D eigenvalue weighted by Gasteiger charge is 2.13. The first-order valence-corrected chi connectivity index (χ1v) is 8.48. The summed E-state index contributed by atoms with van der Waals surface area (Å²) in [6, 6.07) is 20.8. The number of benzene rings is 2. The molecule has 0 radical (unpaired) electrons. The molecule has 132 valence electrons. The van der Waals surface area contributed by atoms with Crippen LogP contribution in [0.1, 0.15) is 28.9 Å². The molecule has 0 saturated heterocycles. The van der Waals surface area contributed by atoms with Crippen LogP contribution in [-0.4, -0.2) is 30.0 Å². The quantitative estimate of drug-likeness (QED) is 0.694. The number of carbonyl (C=O) groups excluding carboxylic acids is 2. The molecule has 0 spiro atoms. The van der Waals surface area contributed by atoms with Crippen LogP contribution in [0.25, 0.3) is 10.9 Å². The lowest BCUT2D eigenvalue weighted by atomic mass is 10.0. The molecule has 2 aromatic carbocycles. The fraction of sp³-hybridized carbons (Fsp3) is 0.190. The van der Waals surface area contributed by atoms with Gasteiger partial charge in [0.2, 0.25) is 0 Å². The molecule has 5 nitrogen and oxygen atoms in total. The van der Waals surface area contributed by atoms with Crippen LogP contribution in [0.4, 0.5) is 0 Å². The van der Waals surface area contributed by atoms with Crippen LogP contribution in [0.2, 0.25) is 0 Å². The molecule has 0 bridgehead atoms. The van der Waals surface area contributed by atoms with E-state index in [1.807, 2.05) is 61.5 Å². The normalized spacial score (nSPS) is 11.7. The number of fused-ring (bicyclic) bond motifs is 1. The Morgan fingerprint density at radius 1 is 1.00 bits per heavy atom. The van der Waals surface area contributed by atoms with Crippen molar-refractivity contribution in [1.82, 2.24) is 10.3 Å². The number of rotatable bonds is 6. The highest BCUT2D eigenvalue weighted by Crippen LogP contribution is 2.13. The van der Waals surface area contributed by atoms with Crippen LogP contribution in [0.5, 0.6) is 0 Å². The van der Waals surface area contributed by atoms with Gasteiger partial charge in [-0.3, -0.25) is 4.79 Å². The highest BCUT2D eigenvalue weighted by molar-refractivity contribution is 5.92. The number of aromatic nitrogens is 1. The molecule has 0 aliphatic heterocycles. The van der Waals surface area contributed by atoms with Crippen molar-refractivity contribution in [3.05, 3.63) is 78.0 Å². The van der Waals surface area contributed by atoms with E-state index >= 15 is 0 Å². The Morgan fingerprint density at radius 2 is 1.73 bits per heavy atom. The van der Waals surface area contributed by atoms with Gasteiger partial charge in [-0.2, -0.15) is 0 Å². The molecule has 1 atom stereocenters. The Kier molecular flexibility index (Phi) is 5.59. The second-order valence-corrected chi connectivity index (χ2v) is 6.08. The molecule has 0 saturated carbocycles. The summed E-state index contributed by atoms with van der Waals surface area (Å²) in [6.07, 6.45) is 0. The third-order valence-corrected chi connectivity index (χ3v) is 4.12. The third kappa shape index (κ3) is 4.45. The molecule has 1 heterocycles. The smallest absolute Gasteiger partial charge is 0.357 e. The van der Waals surface area contributed by atoms with Crippen LogP contribution < -0.4 is 5.32 Å². The summed E-state index contributed by atoms with van der Waals surface area (Å²) in [5.74, 6) is -0.762. The number of para-hydroxylation sites is 1. The number of ether oxygens (including phenoxy) is 1. The predicted molar refractivity (Wildman–Crippen MR) is 99.9 cm³/mol. The summed E-state index contributed by atoms with van der Waals surface area (Å²) in [5.41, 5.74) is 2.04. The molecule has 26 heavy (non-hydrogen) atoms. The fourth-order valence-corrected chi connectivity index (χ4v) is 2.60. The number of carbonyl (C=O) groups is 2. The molecule has 0 aliphatic rings. The highest BCUT2D eigenvalue weighted by atomic mass is 16.5. The first kappa shape index (κ1) is 17.6. The molecule has 5 heteroatoms. The van der Waals surface area contributed by atoms with Crippen molar-refractivity contribution in [3.63, 3.8) is 0 Å². The molecular weight excluding hydrogens is 328 g/mol. The molecule has 1 aromatic heterocycles. The fourth-order valence-electron chi connectivity index (χ4n) is 2.60. The Bertz CT molecular complexity index is 909. The van der Waals surface area contributed by atoms with E-state index in [4.69, 9.17) is 4.74 Å². The number of amides is 1. The number of nitrogens with one attached hydrogen (secondary N) is 1. The van der Waals surface area contributed by atoms with Gasteiger partial charge in [0.15, 0.2) is 6.61 Å². The van der Waals surface area contributed by atoms with E-state index in [1.54, 1.807) is 12.1 Å². The van der Waals surface area contributed by atoms with Crippen molar-refractivity contribution in [1.29, 1.82) is 0 Å². The Balaban J connectivity index is 1.49. The molecule has 1 amide bonds. The zero-order valence-electron chi connectivity index (χ0n) is 14.5.